The number of nitrogens with two attached hydrogens (primary N) is 1. The molecule has 18 heavy (non-hydrogen) atoms. The molecule has 1 aromatic rings. The van der Waals surface area contributed by atoms with Gasteiger partial charge in [0, 0.05) is 31.7 Å². The Bertz CT molecular complexity index is 444. The van der Waals surface area contributed by atoms with Crippen molar-refractivity contribution in [3.05, 3.63) is 24.0 Å². The summed E-state index contributed by atoms with van der Waals surface area (Å²) in [5.41, 5.74) is 6.80. The van der Waals surface area contributed by atoms with Crippen LogP contribution in [0.4, 0.5) is 5.69 Å². The van der Waals surface area contributed by atoms with E-state index in [9.17, 15) is 9.59 Å². The average Bonchev–Trinajstić information content (AvgIpc) is 2.57. The lowest BCUT2D eigenvalue weighted by molar-refractivity contribution is -0.130. The van der Waals surface area contributed by atoms with Crippen LogP contribution in [-0.4, -0.2) is 41.3 Å². The molecule has 1 fully saturated rings. The number of hydrogen-bond donors (Lipinski definition) is 2. The largest absolute Gasteiger partial charge is 0.397 e. The van der Waals surface area contributed by atoms with Crippen molar-refractivity contribution in [3.8, 4) is 0 Å². The third-order valence-electron chi connectivity index (χ3n) is 2.85. The Hall–Kier alpha value is -2.11. The summed E-state index contributed by atoms with van der Waals surface area (Å²) in [5, 5.41) is 2.74. The summed E-state index contributed by atoms with van der Waals surface area (Å²) in [4.78, 5) is 29.0. The van der Waals surface area contributed by atoms with Crippen LogP contribution in [0.15, 0.2) is 18.3 Å². The van der Waals surface area contributed by atoms with Crippen molar-refractivity contribution in [2.24, 2.45) is 0 Å². The zero-order chi connectivity index (χ0) is 13.0. The number of carbonyl (C=O) groups is 2. The minimum atomic E-state index is -0.0104. The van der Waals surface area contributed by atoms with Crippen LogP contribution in [0.25, 0.3) is 0 Å². The second-order valence-corrected chi connectivity index (χ2v) is 4.24. The highest BCUT2D eigenvalue weighted by molar-refractivity contribution is 5.81. The third-order valence-corrected chi connectivity index (χ3v) is 2.85. The topological polar surface area (TPSA) is 88.3 Å². The van der Waals surface area contributed by atoms with E-state index in [4.69, 9.17) is 5.73 Å². The fraction of sp³-hybridized carbons (Fsp3) is 0.417. The predicted molar refractivity (Wildman–Crippen MR) is 66.6 cm³/mol. The molecule has 1 saturated heterocycles. The molecule has 0 unspecified atom stereocenters. The first-order valence-corrected chi connectivity index (χ1v) is 5.90. The van der Waals surface area contributed by atoms with Gasteiger partial charge in [0.25, 0.3) is 0 Å². The summed E-state index contributed by atoms with van der Waals surface area (Å²) in [6.45, 7) is 1.54. The van der Waals surface area contributed by atoms with Crippen molar-refractivity contribution < 1.29 is 9.59 Å². The van der Waals surface area contributed by atoms with Crippen LogP contribution in [0.5, 0.6) is 0 Å². The first kappa shape index (κ1) is 12.3. The number of amides is 2. The van der Waals surface area contributed by atoms with E-state index in [1.807, 2.05) is 0 Å². The van der Waals surface area contributed by atoms with Crippen LogP contribution in [0.2, 0.25) is 0 Å². The van der Waals surface area contributed by atoms with Gasteiger partial charge in [-0.3, -0.25) is 14.6 Å². The zero-order valence-corrected chi connectivity index (χ0v) is 10.1. The molecule has 0 aromatic carbocycles. The maximum absolute atomic E-state index is 12.0. The van der Waals surface area contributed by atoms with Gasteiger partial charge in [0.2, 0.25) is 11.8 Å². The molecule has 96 valence electrons. The molecule has 0 bridgehead atoms. The van der Waals surface area contributed by atoms with Crippen molar-refractivity contribution in [2.45, 2.75) is 12.8 Å². The van der Waals surface area contributed by atoms with Gasteiger partial charge in [-0.2, -0.15) is 0 Å². The molecule has 1 aromatic heterocycles. The first-order chi connectivity index (χ1) is 8.65. The van der Waals surface area contributed by atoms with E-state index >= 15 is 0 Å². The van der Waals surface area contributed by atoms with Gasteiger partial charge in [0.1, 0.15) is 0 Å². The number of hydrogen-bond acceptors (Lipinski definition) is 4. The molecule has 0 aliphatic carbocycles. The molecule has 6 nitrogen and oxygen atoms in total. The van der Waals surface area contributed by atoms with Crippen molar-refractivity contribution >= 4 is 17.5 Å². The number of nitrogens with zero attached hydrogens (tertiary/aromatic N) is 2. The molecule has 3 N–H and O–H groups in total. The van der Waals surface area contributed by atoms with E-state index in [1.165, 1.54) is 6.20 Å². The Morgan fingerprint density at radius 1 is 1.44 bits per heavy atom. The number of nitrogens with one attached hydrogen (secondary N) is 1. The Morgan fingerprint density at radius 2 is 2.28 bits per heavy atom. The van der Waals surface area contributed by atoms with E-state index < -0.39 is 0 Å². The summed E-state index contributed by atoms with van der Waals surface area (Å²) in [7, 11) is 0. The van der Waals surface area contributed by atoms with E-state index in [1.54, 1.807) is 17.0 Å². The van der Waals surface area contributed by atoms with Crippen molar-refractivity contribution in [1.82, 2.24) is 15.2 Å². The van der Waals surface area contributed by atoms with Crippen LogP contribution in [0, 0.1) is 0 Å². The smallest absolute Gasteiger partial charge is 0.228 e. The molecule has 1 aliphatic rings. The fourth-order valence-electron chi connectivity index (χ4n) is 1.82. The van der Waals surface area contributed by atoms with Crippen molar-refractivity contribution in [2.75, 3.05) is 25.4 Å². The van der Waals surface area contributed by atoms with Gasteiger partial charge in [0.05, 0.1) is 18.3 Å². The minimum absolute atomic E-state index is 0.00379. The monoisotopic (exact) mass is 248 g/mol. The summed E-state index contributed by atoms with van der Waals surface area (Å²) in [6.07, 6.45) is 2.14. The van der Waals surface area contributed by atoms with Crippen LogP contribution in [0.1, 0.15) is 12.1 Å². The van der Waals surface area contributed by atoms with Crippen molar-refractivity contribution in [3.63, 3.8) is 0 Å². The summed E-state index contributed by atoms with van der Waals surface area (Å²) < 4.78 is 0. The van der Waals surface area contributed by atoms with E-state index in [2.05, 4.69) is 10.3 Å². The standard InChI is InChI=1S/C12H16N4O2/c13-9-1-2-10(15-8-9)7-12(18)16-5-3-11(17)14-4-6-16/h1-2,8H,3-7,13H2,(H,14,17). The highest BCUT2D eigenvalue weighted by Crippen LogP contribution is 2.05. The van der Waals surface area contributed by atoms with Gasteiger partial charge in [-0.15, -0.1) is 0 Å². The zero-order valence-electron chi connectivity index (χ0n) is 10.1. The summed E-state index contributed by atoms with van der Waals surface area (Å²) in [6, 6.07) is 3.47. The average molecular weight is 248 g/mol. The highest BCUT2D eigenvalue weighted by Gasteiger charge is 2.18. The Labute approximate surface area is 105 Å². The fourth-order valence-corrected chi connectivity index (χ4v) is 1.82. The Balaban J connectivity index is 1.94. The molecule has 1 aliphatic heterocycles. The molecule has 2 rings (SSSR count). The maximum Gasteiger partial charge on any atom is 0.228 e. The van der Waals surface area contributed by atoms with Gasteiger partial charge in [-0.25, -0.2) is 0 Å². The molecular weight excluding hydrogens is 232 g/mol. The number of nitrogen functional groups attached to an aromatic ring is 1. The molecule has 0 saturated carbocycles. The van der Waals surface area contributed by atoms with Gasteiger partial charge in [-0.1, -0.05) is 0 Å². The normalized spacial score (nSPS) is 16.0. The minimum Gasteiger partial charge on any atom is -0.397 e. The number of carbonyl (C=O) groups excluding carboxylic acids is 2. The van der Waals surface area contributed by atoms with Gasteiger partial charge in [0.15, 0.2) is 0 Å². The Morgan fingerprint density at radius 3 is 3.00 bits per heavy atom. The second-order valence-electron chi connectivity index (χ2n) is 4.24. The Kier molecular flexibility index (Phi) is 3.76. The predicted octanol–water partition coefficient (Wildman–Crippen LogP) is -0.445. The van der Waals surface area contributed by atoms with Gasteiger partial charge < -0.3 is 16.0 Å². The van der Waals surface area contributed by atoms with Gasteiger partial charge >= 0.3 is 0 Å². The van der Waals surface area contributed by atoms with Crippen LogP contribution >= 0.6 is 0 Å². The lowest BCUT2D eigenvalue weighted by atomic mass is 10.2. The van der Waals surface area contributed by atoms with E-state index in [0.717, 1.165) is 0 Å². The number of pyridine rings is 1. The quantitative estimate of drug-likeness (QED) is 0.742. The molecule has 0 radical (unpaired) electrons. The highest BCUT2D eigenvalue weighted by atomic mass is 16.2. The molecule has 0 atom stereocenters. The summed E-state index contributed by atoms with van der Waals surface area (Å²) >= 11 is 0. The van der Waals surface area contributed by atoms with Gasteiger partial charge in [-0.05, 0) is 12.1 Å². The number of aromatic nitrogens is 1. The van der Waals surface area contributed by atoms with Crippen LogP contribution in [0.3, 0.4) is 0 Å². The number of anilines is 1. The van der Waals surface area contributed by atoms with Crippen LogP contribution in [-0.2, 0) is 16.0 Å². The van der Waals surface area contributed by atoms with Crippen molar-refractivity contribution in [1.29, 1.82) is 0 Å². The molecule has 2 heterocycles. The third kappa shape index (κ3) is 3.19. The lowest BCUT2D eigenvalue weighted by Gasteiger charge is -2.19. The molecule has 0 spiro atoms. The second kappa shape index (κ2) is 5.48. The van der Waals surface area contributed by atoms with Crippen LogP contribution < -0.4 is 11.1 Å². The number of rotatable bonds is 2. The first-order valence-electron chi connectivity index (χ1n) is 5.90. The maximum atomic E-state index is 12.0. The molecular formula is C12H16N4O2. The summed E-state index contributed by atoms with van der Waals surface area (Å²) in [5.74, 6) is -0.0142. The van der Waals surface area contributed by atoms with E-state index in [-0.39, 0.29) is 18.2 Å². The lowest BCUT2D eigenvalue weighted by Crippen LogP contribution is -2.35. The van der Waals surface area contributed by atoms with E-state index in [0.29, 0.717) is 37.4 Å². The SMILES string of the molecule is Nc1ccc(CC(=O)N2CCNC(=O)CC2)nc1. The molecule has 2 amide bonds. The molecule has 6 heteroatoms.